The summed E-state index contributed by atoms with van der Waals surface area (Å²) in [4.78, 5) is 27.8. The minimum atomic E-state index is -0.759. The molecule has 38 heavy (non-hydrogen) atoms. The van der Waals surface area contributed by atoms with E-state index < -0.39 is 18.2 Å². The molecule has 1 aromatic carbocycles. The molecular weight excluding hydrogens is 476 g/mol. The van der Waals surface area contributed by atoms with Crippen molar-refractivity contribution < 1.29 is 19.4 Å². The van der Waals surface area contributed by atoms with Gasteiger partial charge in [-0.25, -0.2) is 0 Å². The Morgan fingerprint density at radius 1 is 1.00 bits per heavy atom. The van der Waals surface area contributed by atoms with Crippen LogP contribution in [0.4, 0.5) is 0 Å². The highest BCUT2D eigenvalue weighted by molar-refractivity contribution is 5.94. The lowest BCUT2D eigenvalue weighted by Gasteiger charge is -2.63. The van der Waals surface area contributed by atoms with Crippen LogP contribution in [0.1, 0.15) is 83.0 Å². The largest absolute Gasteiger partial charge is 0.460 e. The lowest BCUT2D eigenvalue weighted by molar-refractivity contribution is -0.195. The Bertz CT molecular complexity index is 1030. The summed E-state index contributed by atoms with van der Waals surface area (Å²) >= 11 is 0. The molecule has 0 aromatic heterocycles. The van der Waals surface area contributed by atoms with E-state index in [0.29, 0.717) is 41.2 Å². The van der Waals surface area contributed by atoms with Crippen LogP contribution in [-0.2, 0) is 9.53 Å². The first-order valence-corrected chi connectivity index (χ1v) is 14.8. The number of esters is 1. The van der Waals surface area contributed by atoms with Crippen LogP contribution < -0.4 is 5.32 Å². The first-order valence-electron chi connectivity index (χ1n) is 14.8. The van der Waals surface area contributed by atoms with Gasteiger partial charge in [0.1, 0.15) is 6.10 Å². The molecule has 0 saturated heterocycles. The molecule has 5 rings (SSSR count). The van der Waals surface area contributed by atoms with Crippen molar-refractivity contribution in [1.82, 2.24) is 10.2 Å². The third-order valence-corrected chi connectivity index (χ3v) is 11.9. The molecule has 6 nitrogen and oxygen atoms in total. The van der Waals surface area contributed by atoms with Crippen molar-refractivity contribution in [2.24, 2.45) is 40.4 Å². The Morgan fingerprint density at radius 3 is 2.32 bits per heavy atom. The molecule has 0 bridgehead atoms. The zero-order valence-electron chi connectivity index (χ0n) is 24.2. The van der Waals surface area contributed by atoms with Crippen LogP contribution in [0.3, 0.4) is 0 Å². The summed E-state index contributed by atoms with van der Waals surface area (Å²) < 4.78 is 5.99. The van der Waals surface area contributed by atoms with Gasteiger partial charge in [0.2, 0.25) is 0 Å². The summed E-state index contributed by atoms with van der Waals surface area (Å²) in [5.41, 5.74) is 0.791. The average molecular weight is 525 g/mol. The number of nitrogens with one attached hydrogen (secondary N) is 1. The maximum absolute atomic E-state index is 13.1. The molecule has 11 atom stereocenters. The lowest BCUT2D eigenvalue weighted by atomic mass is 9.43. The minimum Gasteiger partial charge on any atom is -0.460 e. The summed E-state index contributed by atoms with van der Waals surface area (Å²) in [6.07, 6.45) is 6.47. The maximum Gasteiger partial charge on any atom is 0.302 e. The van der Waals surface area contributed by atoms with Crippen LogP contribution in [0.2, 0.25) is 0 Å². The van der Waals surface area contributed by atoms with Crippen molar-refractivity contribution in [3.05, 3.63) is 35.9 Å². The summed E-state index contributed by atoms with van der Waals surface area (Å²) in [6, 6.07) is 9.05. The fourth-order valence-corrected chi connectivity index (χ4v) is 9.92. The second kappa shape index (κ2) is 10.2. The maximum atomic E-state index is 13.1. The van der Waals surface area contributed by atoms with E-state index >= 15 is 0 Å². The second-order valence-electron chi connectivity index (χ2n) is 13.7. The normalized spacial score (nSPS) is 42.9. The molecule has 0 aliphatic heterocycles. The zero-order valence-corrected chi connectivity index (χ0v) is 24.2. The van der Waals surface area contributed by atoms with E-state index in [9.17, 15) is 14.7 Å². The monoisotopic (exact) mass is 524 g/mol. The topological polar surface area (TPSA) is 78.9 Å². The first-order chi connectivity index (χ1) is 18.0. The minimum absolute atomic E-state index is 0.122. The molecule has 1 amide bonds. The molecule has 1 aromatic rings. The third-order valence-electron chi connectivity index (χ3n) is 11.9. The van der Waals surface area contributed by atoms with Crippen LogP contribution in [-0.4, -0.2) is 60.3 Å². The highest BCUT2D eigenvalue weighted by Gasteiger charge is 2.64. The third kappa shape index (κ3) is 4.50. The van der Waals surface area contributed by atoms with E-state index in [2.05, 4.69) is 45.1 Å². The van der Waals surface area contributed by atoms with Crippen molar-refractivity contribution in [2.75, 3.05) is 14.1 Å². The molecule has 2 N–H and O–H groups in total. The van der Waals surface area contributed by atoms with Crippen molar-refractivity contribution in [2.45, 2.75) is 96.9 Å². The second-order valence-corrected chi connectivity index (χ2v) is 13.7. The number of carbonyl (C=O) groups is 2. The van der Waals surface area contributed by atoms with Gasteiger partial charge in [0, 0.05) is 24.4 Å². The average Bonchev–Trinajstić information content (AvgIpc) is 3.22. The summed E-state index contributed by atoms with van der Waals surface area (Å²) in [6.45, 7) is 8.75. The smallest absolute Gasteiger partial charge is 0.302 e. The Kier molecular flexibility index (Phi) is 7.45. The number of ether oxygens (including phenoxy) is 1. The molecule has 0 spiro atoms. The summed E-state index contributed by atoms with van der Waals surface area (Å²) in [5.74, 6) is 2.13. The van der Waals surface area contributed by atoms with Gasteiger partial charge in [0.05, 0.1) is 12.1 Å². The van der Waals surface area contributed by atoms with Gasteiger partial charge in [-0.1, -0.05) is 32.0 Å². The van der Waals surface area contributed by atoms with Gasteiger partial charge in [0.25, 0.3) is 5.91 Å². The van der Waals surface area contributed by atoms with Gasteiger partial charge in [-0.15, -0.1) is 0 Å². The van der Waals surface area contributed by atoms with Crippen LogP contribution >= 0.6 is 0 Å². The number of benzene rings is 1. The van der Waals surface area contributed by atoms with E-state index in [1.807, 2.05) is 18.2 Å². The van der Waals surface area contributed by atoms with Gasteiger partial charge >= 0.3 is 5.97 Å². The van der Waals surface area contributed by atoms with E-state index in [1.54, 1.807) is 12.1 Å². The Hall–Kier alpha value is -1.92. The molecule has 6 heteroatoms. The van der Waals surface area contributed by atoms with E-state index in [0.717, 1.165) is 18.8 Å². The zero-order chi connectivity index (χ0) is 27.4. The van der Waals surface area contributed by atoms with Crippen LogP contribution in [0, 0.1) is 40.4 Å². The summed E-state index contributed by atoms with van der Waals surface area (Å²) in [7, 11) is 4.43. The van der Waals surface area contributed by atoms with Crippen molar-refractivity contribution in [3.8, 4) is 0 Å². The highest BCUT2D eigenvalue weighted by Crippen LogP contribution is 2.68. The number of hydrogen-bond acceptors (Lipinski definition) is 5. The van der Waals surface area contributed by atoms with Gasteiger partial charge in [-0.05, 0) is 113 Å². The molecule has 0 heterocycles. The molecule has 4 fully saturated rings. The molecule has 0 radical (unpaired) electrons. The number of rotatable bonds is 5. The fourth-order valence-electron chi connectivity index (χ4n) is 9.92. The van der Waals surface area contributed by atoms with Gasteiger partial charge < -0.3 is 20.1 Å². The number of amides is 1. The van der Waals surface area contributed by atoms with Crippen molar-refractivity contribution in [3.63, 3.8) is 0 Å². The standard InChI is InChI=1S/C32H48N2O4/c1-19(34(5)6)23-14-15-24-22-12-13-26-29(38-20(2)35)28(33-30(37)21-10-8-7-9-11-21)27(36)18-32(26,4)25(22)16-17-31(23,24)3/h7-11,19,22-29,36H,12-18H2,1-6H3,(H,33,37)/t19?,22-,23+,24-,25-,26?,27?,28?,29?,31+,32+/m0/s1. The fraction of sp³-hybridized carbons (Fsp3) is 0.750. The van der Waals surface area contributed by atoms with Crippen LogP contribution in [0.25, 0.3) is 0 Å². The van der Waals surface area contributed by atoms with Crippen molar-refractivity contribution in [1.29, 1.82) is 0 Å². The Labute approximate surface area is 228 Å². The number of fused-ring (bicyclic) bond motifs is 5. The van der Waals surface area contributed by atoms with Crippen LogP contribution in [0.15, 0.2) is 30.3 Å². The summed E-state index contributed by atoms with van der Waals surface area (Å²) in [5, 5.41) is 14.6. The van der Waals surface area contributed by atoms with Crippen LogP contribution in [0.5, 0.6) is 0 Å². The SMILES string of the molecule is CC(=O)OC1C(NC(=O)c2ccccc2)C(O)C[C@@]2(C)C1CC[C@H]1[C@@H]3CC[C@H](C(C)N(C)C)[C@@]3(C)CC[C@@H]12. The number of carbonyl (C=O) groups excluding carboxylic acids is 2. The molecular formula is C32H48N2O4. The lowest BCUT2D eigenvalue weighted by Crippen LogP contribution is -2.66. The number of nitrogens with zero attached hydrogens (tertiary/aromatic N) is 1. The molecule has 210 valence electrons. The molecule has 4 saturated carbocycles. The predicted molar refractivity (Wildman–Crippen MR) is 148 cm³/mol. The Morgan fingerprint density at radius 2 is 1.66 bits per heavy atom. The van der Waals surface area contributed by atoms with Crippen molar-refractivity contribution >= 4 is 11.9 Å². The molecule has 4 aliphatic carbocycles. The first kappa shape index (κ1) is 27.6. The van der Waals surface area contributed by atoms with E-state index in [-0.39, 0.29) is 23.2 Å². The molecule has 5 unspecified atom stereocenters. The number of hydrogen-bond donors (Lipinski definition) is 2. The van der Waals surface area contributed by atoms with Gasteiger partial charge in [-0.2, -0.15) is 0 Å². The molecule has 4 aliphatic rings. The van der Waals surface area contributed by atoms with E-state index in [1.165, 1.54) is 32.6 Å². The quantitative estimate of drug-likeness (QED) is 0.536. The number of aliphatic hydroxyl groups excluding tert-OH is 1. The highest BCUT2D eigenvalue weighted by atomic mass is 16.5. The number of aliphatic hydroxyl groups is 1. The van der Waals surface area contributed by atoms with Gasteiger partial charge in [0.15, 0.2) is 0 Å². The Balaban J connectivity index is 1.41. The van der Waals surface area contributed by atoms with Gasteiger partial charge in [-0.3, -0.25) is 9.59 Å². The van der Waals surface area contributed by atoms with E-state index in [4.69, 9.17) is 4.74 Å². The predicted octanol–water partition coefficient (Wildman–Crippen LogP) is 4.91.